The summed E-state index contributed by atoms with van der Waals surface area (Å²) in [5, 5.41) is 15.2. The number of benzene rings is 1. The number of rotatable bonds is 5. The van der Waals surface area contributed by atoms with E-state index in [1.807, 2.05) is 6.07 Å². The van der Waals surface area contributed by atoms with Crippen LogP contribution in [0.25, 0.3) is 10.9 Å². The predicted molar refractivity (Wildman–Crippen MR) is 111 cm³/mol. The van der Waals surface area contributed by atoms with Crippen LogP contribution < -0.4 is 16.1 Å². The number of ketones is 1. The summed E-state index contributed by atoms with van der Waals surface area (Å²) in [5.41, 5.74) is 0.337. The maximum Gasteiger partial charge on any atom is 0.261 e. The number of carbonyl (C=O) groups excluding carboxylic acids is 1. The van der Waals surface area contributed by atoms with Crippen LogP contribution in [-0.2, 0) is 11.3 Å². The molecule has 2 unspecified atom stereocenters. The second-order valence-corrected chi connectivity index (χ2v) is 13.7. The Kier molecular flexibility index (Phi) is 5.86. The van der Waals surface area contributed by atoms with Crippen molar-refractivity contribution in [3.05, 3.63) is 33.8 Å². The quantitative estimate of drug-likeness (QED) is 0.736. The fourth-order valence-corrected chi connectivity index (χ4v) is 5.88. The van der Waals surface area contributed by atoms with E-state index in [1.54, 1.807) is 6.07 Å². The molecule has 1 aliphatic heterocycles. The molecule has 1 saturated heterocycles. The zero-order chi connectivity index (χ0) is 19.8. The molecular weight excluding hydrogens is 382 g/mol. The Morgan fingerprint density at radius 1 is 1.41 bits per heavy atom. The lowest BCUT2D eigenvalue weighted by molar-refractivity contribution is -0.121. The first kappa shape index (κ1) is 20.2. The monoisotopic (exact) mass is 407 g/mol. The second kappa shape index (κ2) is 7.83. The first-order chi connectivity index (χ1) is 12.7. The number of Topliss-reactive ketones (excluding diaryl/α,β-unsaturated/α-hetero) is 1. The summed E-state index contributed by atoms with van der Waals surface area (Å²) < 4.78 is 1.32. The summed E-state index contributed by atoms with van der Waals surface area (Å²) in [6, 6.07) is 3.33. The molecule has 146 valence electrons. The maximum absolute atomic E-state index is 12.8. The number of nitrogens with one attached hydrogen (secondary N) is 1. The Morgan fingerprint density at radius 2 is 2.15 bits per heavy atom. The van der Waals surface area contributed by atoms with Gasteiger partial charge in [0.15, 0.2) is 5.78 Å². The number of carbonyl (C=O) groups is 1. The SMILES string of the molecule is C[Si](C)(C)c1cc2ncn(CC(=O)CC3NCCCC3O)c(=O)c2cc1Cl. The summed E-state index contributed by atoms with van der Waals surface area (Å²) in [6.45, 7) is 7.31. The first-order valence-electron chi connectivity index (χ1n) is 9.29. The standard InChI is InChI=1S/C19H26ClN3O3Si/c1-27(2,3)18-9-15-13(8-14(18)20)19(26)23(11-22-15)10-12(24)7-16-17(25)5-4-6-21-16/h8-9,11,16-17,21,25H,4-7,10H2,1-3H3. The number of halogens is 1. The Labute approximate surface area is 164 Å². The van der Waals surface area contributed by atoms with Crippen molar-refractivity contribution in [1.82, 2.24) is 14.9 Å². The minimum atomic E-state index is -1.65. The molecule has 2 heterocycles. The van der Waals surface area contributed by atoms with E-state index in [9.17, 15) is 14.7 Å². The molecule has 3 rings (SSSR count). The number of aliphatic hydroxyl groups is 1. The van der Waals surface area contributed by atoms with Crippen LogP contribution in [-0.4, -0.2) is 47.2 Å². The highest BCUT2D eigenvalue weighted by Crippen LogP contribution is 2.18. The van der Waals surface area contributed by atoms with Crippen molar-refractivity contribution >= 4 is 41.5 Å². The molecule has 8 heteroatoms. The van der Waals surface area contributed by atoms with Gasteiger partial charge in [-0.15, -0.1) is 0 Å². The van der Waals surface area contributed by atoms with Crippen LogP contribution >= 0.6 is 11.6 Å². The molecule has 0 aliphatic carbocycles. The number of hydrogen-bond donors (Lipinski definition) is 2. The van der Waals surface area contributed by atoms with Crippen molar-refractivity contribution < 1.29 is 9.90 Å². The topological polar surface area (TPSA) is 84.2 Å². The summed E-state index contributed by atoms with van der Waals surface area (Å²) in [4.78, 5) is 29.6. The number of fused-ring (bicyclic) bond motifs is 1. The lowest BCUT2D eigenvalue weighted by Crippen LogP contribution is -2.46. The van der Waals surface area contributed by atoms with Gasteiger partial charge >= 0.3 is 0 Å². The summed E-state index contributed by atoms with van der Waals surface area (Å²) >= 11 is 6.42. The van der Waals surface area contributed by atoms with E-state index in [-0.39, 0.29) is 30.3 Å². The zero-order valence-electron chi connectivity index (χ0n) is 16.0. The van der Waals surface area contributed by atoms with Gasteiger partial charge in [-0.2, -0.15) is 0 Å². The van der Waals surface area contributed by atoms with E-state index in [0.29, 0.717) is 22.3 Å². The van der Waals surface area contributed by atoms with Gasteiger partial charge in [-0.1, -0.05) is 31.2 Å². The van der Waals surface area contributed by atoms with Gasteiger partial charge in [-0.05, 0) is 36.7 Å². The Morgan fingerprint density at radius 3 is 2.81 bits per heavy atom. The zero-order valence-corrected chi connectivity index (χ0v) is 17.7. The van der Waals surface area contributed by atoms with Crippen molar-refractivity contribution in [2.75, 3.05) is 6.54 Å². The number of hydrogen-bond acceptors (Lipinski definition) is 5. The number of aliphatic hydroxyl groups excluding tert-OH is 1. The molecule has 1 aliphatic rings. The molecule has 0 spiro atoms. The minimum absolute atomic E-state index is 0.0555. The Balaban J connectivity index is 1.84. The average molecular weight is 408 g/mol. The van der Waals surface area contributed by atoms with Gasteiger partial charge in [0.2, 0.25) is 0 Å². The van der Waals surface area contributed by atoms with Gasteiger partial charge in [0.1, 0.15) is 0 Å². The van der Waals surface area contributed by atoms with Crippen LogP contribution in [0.1, 0.15) is 19.3 Å². The van der Waals surface area contributed by atoms with Crippen molar-refractivity contribution in [3.63, 3.8) is 0 Å². The molecule has 2 aromatic rings. The molecule has 2 N–H and O–H groups in total. The normalized spacial score (nSPS) is 20.8. The van der Waals surface area contributed by atoms with Crippen LogP contribution in [0.4, 0.5) is 0 Å². The fourth-order valence-electron chi connectivity index (χ4n) is 3.51. The van der Waals surface area contributed by atoms with Gasteiger partial charge in [-0.25, -0.2) is 4.98 Å². The number of nitrogens with zero attached hydrogens (tertiary/aromatic N) is 2. The smallest absolute Gasteiger partial charge is 0.261 e. The van der Waals surface area contributed by atoms with E-state index in [4.69, 9.17) is 11.6 Å². The van der Waals surface area contributed by atoms with Crippen molar-refractivity contribution in [3.8, 4) is 0 Å². The van der Waals surface area contributed by atoms with Crippen LogP contribution in [0.5, 0.6) is 0 Å². The summed E-state index contributed by atoms with van der Waals surface area (Å²) in [7, 11) is -1.65. The predicted octanol–water partition coefficient (Wildman–Crippen LogP) is 1.67. The van der Waals surface area contributed by atoms with Gasteiger partial charge in [-0.3, -0.25) is 14.2 Å². The molecular formula is C19H26ClN3O3Si. The van der Waals surface area contributed by atoms with E-state index < -0.39 is 14.2 Å². The third-order valence-corrected chi connectivity index (χ3v) is 7.56. The average Bonchev–Trinajstić information content (AvgIpc) is 2.58. The Bertz CT molecular complexity index is 923. The van der Waals surface area contributed by atoms with Gasteiger partial charge in [0, 0.05) is 17.5 Å². The highest BCUT2D eigenvalue weighted by molar-refractivity contribution is 6.90. The third-order valence-electron chi connectivity index (χ3n) is 5.06. The van der Waals surface area contributed by atoms with E-state index >= 15 is 0 Å². The molecule has 0 amide bonds. The van der Waals surface area contributed by atoms with E-state index in [1.165, 1.54) is 10.9 Å². The minimum Gasteiger partial charge on any atom is -0.391 e. The second-order valence-electron chi connectivity index (χ2n) is 8.29. The molecule has 6 nitrogen and oxygen atoms in total. The van der Waals surface area contributed by atoms with Gasteiger partial charge in [0.05, 0.1) is 38.0 Å². The van der Waals surface area contributed by atoms with E-state index in [0.717, 1.165) is 18.2 Å². The van der Waals surface area contributed by atoms with Crippen LogP contribution in [0.3, 0.4) is 0 Å². The highest BCUT2D eigenvalue weighted by atomic mass is 35.5. The molecule has 0 bridgehead atoms. The molecule has 0 saturated carbocycles. The fraction of sp³-hybridized carbons (Fsp3) is 0.526. The third kappa shape index (κ3) is 4.48. The van der Waals surface area contributed by atoms with Gasteiger partial charge in [0.25, 0.3) is 5.56 Å². The Hall–Kier alpha value is -1.54. The van der Waals surface area contributed by atoms with Crippen molar-refractivity contribution in [2.24, 2.45) is 0 Å². The molecule has 1 fully saturated rings. The molecule has 1 aromatic carbocycles. The van der Waals surface area contributed by atoms with Crippen LogP contribution in [0.15, 0.2) is 23.3 Å². The summed E-state index contributed by atoms with van der Waals surface area (Å²) in [6.07, 6.45) is 2.70. The molecule has 1 aromatic heterocycles. The van der Waals surface area contributed by atoms with Crippen molar-refractivity contribution in [1.29, 1.82) is 0 Å². The van der Waals surface area contributed by atoms with Crippen LogP contribution in [0.2, 0.25) is 24.7 Å². The largest absolute Gasteiger partial charge is 0.391 e. The highest BCUT2D eigenvalue weighted by Gasteiger charge is 2.25. The van der Waals surface area contributed by atoms with Crippen molar-refractivity contribution in [2.45, 2.75) is 57.6 Å². The molecule has 0 radical (unpaired) electrons. The van der Waals surface area contributed by atoms with Crippen LogP contribution in [0, 0.1) is 0 Å². The lowest BCUT2D eigenvalue weighted by Gasteiger charge is -2.28. The first-order valence-corrected chi connectivity index (χ1v) is 13.2. The number of piperidine rings is 1. The summed E-state index contributed by atoms with van der Waals surface area (Å²) in [5.74, 6) is -0.110. The molecule has 27 heavy (non-hydrogen) atoms. The lowest BCUT2D eigenvalue weighted by atomic mass is 9.97. The number of aromatic nitrogens is 2. The maximum atomic E-state index is 12.8. The van der Waals surface area contributed by atoms with Gasteiger partial charge < -0.3 is 10.4 Å². The van der Waals surface area contributed by atoms with E-state index in [2.05, 4.69) is 29.9 Å². The molecule has 2 atom stereocenters.